The Hall–Kier alpha value is -1.62. The van der Waals surface area contributed by atoms with Crippen LogP contribution >= 0.6 is 0 Å². The Morgan fingerprint density at radius 2 is 2.25 bits per heavy atom. The van der Waals surface area contributed by atoms with Crippen LogP contribution in [0.25, 0.3) is 0 Å². The van der Waals surface area contributed by atoms with Gasteiger partial charge in [-0.05, 0) is 38.6 Å². The lowest BCUT2D eigenvalue weighted by Crippen LogP contribution is -2.11. The number of ether oxygens (including phenoxy) is 1. The van der Waals surface area contributed by atoms with Gasteiger partial charge in [0.05, 0.1) is 11.5 Å². The second kappa shape index (κ2) is 6.07. The third-order valence-electron chi connectivity index (χ3n) is 2.20. The molecule has 0 aliphatic rings. The molecule has 1 aromatic rings. The molecule has 5 nitrogen and oxygen atoms in total. The highest BCUT2D eigenvalue weighted by molar-refractivity contribution is 5.42. The van der Waals surface area contributed by atoms with E-state index in [9.17, 15) is 10.1 Å². The molecule has 0 amide bonds. The van der Waals surface area contributed by atoms with Crippen molar-refractivity contribution in [3.8, 4) is 5.75 Å². The van der Waals surface area contributed by atoms with E-state index in [0.717, 1.165) is 18.5 Å². The number of hydrogen-bond donors (Lipinski definition) is 1. The van der Waals surface area contributed by atoms with Gasteiger partial charge >= 0.3 is 0 Å². The molecule has 88 valence electrons. The largest absolute Gasteiger partial charge is 0.493 e. The van der Waals surface area contributed by atoms with Crippen LogP contribution in [-0.4, -0.2) is 25.1 Å². The van der Waals surface area contributed by atoms with E-state index < -0.39 is 4.92 Å². The normalized spacial score (nSPS) is 10.1. The van der Waals surface area contributed by atoms with Crippen LogP contribution in [0.1, 0.15) is 12.0 Å². The van der Waals surface area contributed by atoms with Crippen molar-refractivity contribution in [3.63, 3.8) is 0 Å². The lowest BCUT2D eigenvalue weighted by Gasteiger charge is -2.08. The number of nitrogens with one attached hydrogen (secondary N) is 1. The summed E-state index contributed by atoms with van der Waals surface area (Å²) in [6.07, 6.45) is 0.910. The van der Waals surface area contributed by atoms with Crippen molar-refractivity contribution >= 4 is 5.69 Å². The summed E-state index contributed by atoms with van der Waals surface area (Å²) in [5.41, 5.74) is 0.888. The number of nitro benzene ring substituents is 1. The Balaban J connectivity index is 2.57. The smallest absolute Gasteiger partial charge is 0.269 e. The van der Waals surface area contributed by atoms with Crippen LogP contribution in [0.4, 0.5) is 5.69 Å². The van der Waals surface area contributed by atoms with E-state index in [0.29, 0.717) is 12.4 Å². The molecule has 0 fully saturated rings. The molecule has 0 saturated carbocycles. The molecule has 0 aliphatic carbocycles. The Bertz CT molecular complexity index is 366. The van der Waals surface area contributed by atoms with Gasteiger partial charge in [-0.25, -0.2) is 0 Å². The number of nitro groups is 1. The van der Waals surface area contributed by atoms with Gasteiger partial charge in [0.1, 0.15) is 5.75 Å². The fourth-order valence-corrected chi connectivity index (χ4v) is 1.34. The second-order valence-corrected chi connectivity index (χ2v) is 3.51. The molecule has 5 heteroatoms. The highest BCUT2D eigenvalue weighted by Crippen LogP contribution is 2.23. The summed E-state index contributed by atoms with van der Waals surface area (Å²) in [5.74, 6) is 0.710. The molecule has 0 saturated heterocycles. The number of hydrogen-bond acceptors (Lipinski definition) is 4. The zero-order valence-corrected chi connectivity index (χ0v) is 9.53. The van der Waals surface area contributed by atoms with E-state index in [2.05, 4.69) is 5.32 Å². The SMILES string of the molecule is CNCCCOc1ccc([N+](=O)[O-])cc1C. The third-order valence-corrected chi connectivity index (χ3v) is 2.20. The molecule has 0 bridgehead atoms. The van der Waals surface area contributed by atoms with Crippen molar-refractivity contribution in [1.29, 1.82) is 0 Å². The minimum atomic E-state index is -0.405. The molecule has 0 aromatic heterocycles. The molecule has 1 N–H and O–H groups in total. The Kier molecular flexibility index (Phi) is 4.72. The highest BCUT2D eigenvalue weighted by Gasteiger charge is 2.08. The van der Waals surface area contributed by atoms with E-state index >= 15 is 0 Å². The van der Waals surface area contributed by atoms with Crippen LogP contribution in [-0.2, 0) is 0 Å². The zero-order chi connectivity index (χ0) is 12.0. The van der Waals surface area contributed by atoms with E-state index in [-0.39, 0.29) is 5.69 Å². The first kappa shape index (κ1) is 12.4. The third kappa shape index (κ3) is 3.51. The predicted molar refractivity (Wildman–Crippen MR) is 61.9 cm³/mol. The number of benzene rings is 1. The fourth-order valence-electron chi connectivity index (χ4n) is 1.34. The average Bonchev–Trinajstić information content (AvgIpc) is 2.26. The van der Waals surface area contributed by atoms with Crippen LogP contribution in [0.3, 0.4) is 0 Å². The minimum absolute atomic E-state index is 0.0973. The Morgan fingerprint density at radius 3 is 2.81 bits per heavy atom. The average molecular weight is 224 g/mol. The molecular formula is C11H16N2O3. The van der Waals surface area contributed by atoms with Crippen molar-refractivity contribution in [2.24, 2.45) is 0 Å². The maximum atomic E-state index is 10.5. The Labute approximate surface area is 94.6 Å². The van der Waals surface area contributed by atoms with E-state index in [1.165, 1.54) is 12.1 Å². The van der Waals surface area contributed by atoms with Crippen LogP contribution in [0.15, 0.2) is 18.2 Å². The van der Waals surface area contributed by atoms with E-state index in [1.54, 1.807) is 13.0 Å². The molecule has 0 spiro atoms. The van der Waals surface area contributed by atoms with Gasteiger partial charge < -0.3 is 10.1 Å². The minimum Gasteiger partial charge on any atom is -0.493 e. The van der Waals surface area contributed by atoms with Crippen LogP contribution in [0.2, 0.25) is 0 Å². The number of rotatable bonds is 6. The van der Waals surface area contributed by atoms with Crippen molar-refractivity contribution in [3.05, 3.63) is 33.9 Å². The standard InChI is InChI=1S/C11H16N2O3/c1-9-8-10(13(14)15)4-5-11(9)16-7-3-6-12-2/h4-5,8,12H,3,6-7H2,1-2H3. The molecular weight excluding hydrogens is 208 g/mol. The first-order chi connectivity index (χ1) is 7.65. The molecule has 0 aliphatic heterocycles. The molecule has 1 rings (SSSR count). The van der Waals surface area contributed by atoms with Crippen LogP contribution in [0.5, 0.6) is 5.75 Å². The summed E-state index contributed by atoms with van der Waals surface area (Å²) >= 11 is 0. The van der Waals surface area contributed by atoms with E-state index in [1.807, 2.05) is 7.05 Å². The second-order valence-electron chi connectivity index (χ2n) is 3.51. The predicted octanol–water partition coefficient (Wildman–Crippen LogP) is 1.89. The van der Waals surface area contributed by atoms with E-state index in [4.69, 9.17) is 4.74 Å². The van der Waals surface area contributed by atoms with Crippen molar-refractivity contribution in [2.45, 2.75) is 13.3 Å². The van der Waals surface area contributed by atoms with Gasteiger partial charge in [-0.15, -0.1) is 0 Å². The van der Waals surface area contributed by atoms with Gasteiger partial charge in [0.15, 0.2) is 0 Å². The summed E-state index contributed by atoms with van der Waals surface area (Å²) in [7, 11) is 1.89. The Morgan fingerprint density at radius 1 is 1.50 bits per heavy atom. The molecule has 0 heterocycles. The lowest BCUT2D eigenvalue weighted by molar-refractivity contribution is -0.384. The van der Waals surface area contributed by atoms with Gasteiger partial charge in [-0.2, -0.15) is 0 Å². The number of nitrogens with zero attached hydrogens (tertiary/aromatic N) is 1. The maximum absolute atomic E-state index is 10.5. The summed E-state index contributed by atoms with van der Waals surface area (Å²) in [5, 5.41) is 13.5. The topological polar surface area (TPSA) is 64.4 Å². The van der Waals surface area contributed by atoms with Gasteiger partial charge in [0.2, 0.25) is 0 Å². The molecule has 0 atom stereocenters. The van der Waals surface area contributed by atoms with Gasteiger partial charge in [-0.1, -0.05) is 0 Å². The number of aryl methyl sites for hydroxylation is 1. The quantitative estimate of drug-likeness (QED) is 0.455. The maximum Gasteiger partial charge on any atom is 0.269 e. The molecule has 16 heavy (non-hydrogen) atoms. The van der Waals surface area contributed by atoms with Crippen LogP contribution in [0, 0.1) is 17.0 Å². The van der Waals surface area contributed by atoms with Gasteiger partial charge in [0.25, 0.3) is 5.69 Å². The van der Waals surface area contributed by atoms with Gasteiger partial charge in [0, 0.05) is 12.1 Å². The summed E-state index contributed by atoms with van der Waals surface area (Å²) in [6, 6.07) is 4.63. The first-order valence-electron chi connectivity index (χ1n) is 5.17. The summed E-state index contributed by atoms with van der Waals surface area (Å²) in [6.45, 7) is 3.31. The van der Waals surface area contributed by atoms with Crippen molar-refractivity contribution in [2.75, 3.05) is 20.2 Å². The molecule has 0 unspecified atom stereocenters. The highest BCUT2D eigenvalue weighted by atomic mass is 16.6. The number of non-ortho nitro benzene ring substituents is 1. The van der Waals surface area contributed by atoms with Crippen molar-refractivity contribution < 1.29 is 9.66 Å². The molecule has 0 radical (unpaired) electrons. The first-order valence-corrected chi connectivity index (χ1v) is 5.17. The zero-order valence-electron chi connectivity index (χ0n) is 9.53. The lowest BCUT2D eigenvalue weighted by atomic mass is 10.2. The monoisotopic (exact) mass is 224 g/mol. The summed E-state index contributed by atoms with van der Waals surface area (Å²) < 4.78 is 5.51. The molecule has 1 aromatic carbocycles. The van der Waals surface area contributed by atoms with Crippen molar-refractivity contribution in [1.82, 2.24) is 5.32 Å². The van der Waals surface area contributed by atoms with Crippen LogP contribution < -0.4 is 10.1 Å². The summed E-state index contributed by atoms with van der Waals surface area (Å²) in [4.78, 5) is 10.1. The fraction of sp³-hybridized carbons (Fsp3) is 0.455. The van der Waals surface area contributed by atoms with Gasteiger partial charge in [-0.3, -0.25) is 10.1 Å².